The van der Waals surface area contributed by atoms with Crippen LogP contribution in [0.1, 0.15) is 10.4 Å². The number of carbonyl (C=O) groups excluding carboxylic acids is 1. The number of hydrogen-bond donors (Lipinski definition) is 0. The average Bonchev–Trinajstić information content (AvgIpc) is 3.01. The van der Waals surface area contributed by atoms with Gasteiger partial charge in [-0.3, -0.25) is 4.79 Å². The Morgan fingerprint density at radius 1 is 1.23 bits per heavy atom. The van der Waals surface area contributed by atoms with Gasteiger partial charge in [-0.05, 0) is 34.1 Å². The molecule has 4 nitrogen and oxygen atoms in total. The number of amides is 1. The lowest BCUT2D eigenvalue weighted by atomic mass is 10.2. The van der Waals surface area contributed by atoms with E-state index in [9.17, 15) is 4.79 Å². The van der Waals surface area contributed by atoms with Gasteiger partial charge in [0.1, 0.15) is 5.75 Å². The lowest BCUT2D eigenvalue weighted by Gasteiger charge is -2.36. The largest absolute Gasteiger partial charge is 0.497 e. The van der Waals surface area contributed by atoms with E-state index in [-0.39, 0.29) is 5.91 Å². The van der Waals surface area contributed by atoms with Crippen molar-refractivity contribution >= 4 is 38.9 Å². The van der Waals surface area contributed by atoms with Crippen molar-refractivity contribution in [3.05, 3.63) is 45.1 Å². The maximum Gasteiger partial charge on any atom is 0.254 e. The van der Waals surface area contributed by atoms with Gasteiger partial charge >= 0.3 is 0 Å². The van der Waals surface area contributed by atoms with Gasteiger partial charge in [0.05, 0.1) is 16.5 Å². The lowest BCUT2D eigenvalue weighted by molar-refractivity contribution is 0.0747. The van der Waals surface area contributed by atoms with E-state index in [1.165, 1.54) is 0 Å². The molecular weight excluding hydrogens is 364 g/mol. The molecule has 0 bridgehead atoms. The van der Waals surface area contributed by atoms with E-state index in [0.717, 1.165) is 47.0 Å². The van der Waals surface area contributed by atoms with Crippen LogP contribution in [0.25, 0.3) is 0 Å². The van der Waals surface area contributed by atoms with E-state index < -0.39 is 0 Å². The van der Waals surface area contributed by atoms with Crippen molar-refractivity contribution in [2.75, 3.05) is 38.2 Å². The second-order valence-electron chi connectivity index (χ2n) is 5.12. The number of rotatable bonds is 3. The number of nitrogens with zero attached hydrogens (tertiary/aromatic N) is 2. The number of carbonyl (C=O) groups is 1. The number of methoxy groups -OCH3 is 1. The van der Waals surface area contributed by atoms with Gasteiger partial charge in [0.25, 0.3) is 5.91 Å². The highest BCUT2D eigenvalue weighted by molar-refractivity contribution is 9.11. The molecule has 0 aliphatic carbocycles. The van der Waals surface area contributed by atoms with Crippen LogP contribution in [0.4, 0.5) is 5.69 Å². The zero-order chi connectivity index (χ0) is 15.5. The molecule has 22 heavy (non-hydrogen) atoms. The minimum absolute atomic E-state index is 0.118. The molecule has 1 amide bonds. The zero-order valence-electron chi connectivity index (χ0n) is 12.3. The summed E-state index contributed by atoms with van der Waals surface area (Å²) in [4.78, 5) is 16.6. The molecule has 0 radical (unpaired) electrons. The smallest absolute Gasteiger partial charge is 0.254 e. The summed E-state index contributed by atoms with van der Waals surface area (Å²) in [5, 5.41) is 1.90. The summed E-state index contributed by atoms with van der Waals surface area (Å²) in [5.41, 5.74) is 1.91. The minimum Gasteiger partial charge on any atom is -0.497 e. The molecule has 6 heteroatoms. The molecule has 1 aromatic carbocycles. The summed E-state index contributed by atoms with van der Waals surface area (Å²) in [6, 6.07) is 9.94. The maximum absolute atomic E-state index is 12.4. The Hall–Kier alpha value is -1.53. The van der Waals surface area contributed by atoms with E-state index in [1.54, 1.807) is 18.4 Å². The second-order valence-corrected chi connectivity index (χ2v) is 7.41. The molecule has 1 fully saturated rings. The van der Waals surface area contributed by atoms with E-state index in [1.807, 2.05) is 34.5 Å². The number of ether oxygens (including phenoxy) is 1. The van der Waals surface area contributed by atoms with Crippen molar-refractivity contribution in [2.45, 2.75) is 0 Å². The Morgan fingerprint density at radius 2 is 2.00 bits per heavy atom. The van der Waals surface area contributed by atoms with Gasteiger partial charge < -0.3 is 14.5 Å². The molecule has 0 N–H and O–H groups in total. The maximum atomic E-state index is 12.4. The van der Waals surface area contributed by atoms with Crippen LogP contribution in [0.15, 0.2) is 39.5 Å². The summed E-state index contributed by atoms with van der Waals surface area (Å²) in [6.07, 6.45) is 0. The van der Waals surface area contributed by atoms with E-state index in [2.05, 4.69) is 26.9 Å². The first kappa shape index (κ1) is 15.4. The van der Waals surface area contributed by atoms with E-state index in [4.69, 9.17) is 4.74 Å². The number of halogens is 1. The highest BCUT2D eigenvalue weighted by Gasteiger charge is 2.23. The minimum atomic E-state index is 0.118. The van der Waals surface area contributed by atoms with Crippen LogP contribution >= 0.6 is 27.3 Å². The summed E-state index contributed by atoms with van der Waals surface area (Å²) >= 11 is 4.95. The lowest BCUT2D eigenvalue weighted by Crippen LogP contribution is -2.48. The molecule has 0 unspecified atom stereocenters. The standard InChI is InChI=1S/C16H17BrN2O2S/c1-21-14-4-2-3-13(10-14)18-5-7-19(8-6-18)16(20)12-9-15(17)22-11-12/h2-4,9-11H,5-8H2,1H3. The Balaban J connectivity index is 1.63. The first-order chi connectivity index (χ1) is 10.7. The monoisotopic (exact) mass is 380 g/mol. The van der Waals surface area contributed by atoms with Gasteiger partial charge in [-0.1, -0.05) is 6.07 Å². The van der Waals surface area contributed by atoms with Crippen LogP contribution in [0.3, 0.4) is 0 Å². The predicted molar refractivity (Wildman–Crippen MR) is 93.1 cm³/mol. The van der Waals surface area contributed by atoms with Gasteiger partial charge in [0, 0.05) is 43.3 Å². The summed E-state index contributed by atoms with van der Waals surface area (Å²) in [7, 11) is 1.68. The fraction of sp³-hybridized carbons (Fsp3) is 0.312. The molecular formula is C16H17BrN2O2S. The summed E-state index contributed by atoms with van der Waals surface area (Å²) in [6.45, 7) is 3.15. The first-order valence-electron chi connectivity index (χ1n) is 7.09. The molecule has 1 saturated heterocycles. The quantitative estimate of drug-likeness (QED) is 0.816. The normalized spacial score (nSPS) is 15.0. The molecule has 0 spiro atoms. The highest BCUT2D eigenvalue weighted by atomic mass is 79.9. The molecule has 0 atom stereocenters. The molecule has 3 rings (SSSR count). The van der Waals surface area contributed by atoms with Gasteiger partial charge in [0.2, 0.25) is 0 Å². The Labute approximate surface area is 142 Å². The van der Waals surface area contributed by atoms with Crippen molar-refractivity contribution in [1.82, 2.24) is 4.90 Å². The van der Waals surface area contributed by atoms with E-state index >= 15 is 0 Å². The molecule has 1 aromatic heterocycles. The van der Waals surface area contributed by atoms with Crippen molar-refractivity contribution in [2.24, 2.45) is 0 Å². The molecule has 0 saturated carbocycles. The number of hydrogen-bond acceptors (Lipinski definition) is 4. The van der Waals surface area contributed by atoms with Crippen LogP contribution in [-0.4, -0.2) is 44.1 Å². The molecule has 1 aliphatic rings. The Bertz CT molecular complexity index is 666. The first-order valence-corrected chi connectivity index (χ1v) is 8.77. The second kappa shape index (κ2) is 6.71. The third kappa shape index (κ3) is 3.28. The van der Waals surface area contributed by atoms with Crippen molar-refractivity contribution in [3.8, 4) is 5.75 Å². The molecule has 116 valence electrons. The number of thiophene rings is 1. The van der Waals surface area contributed by atoms with Crippen LogP contribution in [0, 0.1) is 0 Å². The zero-order valence-corrected chi connectivity index (χ0v) is 14.7. The van der Waals surface area contributed by atoms with Gasteiger partial charge in [-0.25, -0.2) is 0 Å². The average molecular weight is 381 g/mol. The number of benzene rings is 1. The fourth-order valence-electron chi connectivity index (χ4n) is 2.58. The Morgan fingerprint density at radius 3 is 2.64 bits per heavy atom. The van der Waals surface area contributed by atoms with Crippen LogP contribution in [-0.2, 0) is 0 Å². The van der Waals surface area contributed by atoms with Gasteiger partial charge in [-0.15, -0.1) is 11.3 Å². The highest BCUT2D eigenvalue weighted by Crippen LogP contribution is 2.24. The van der Waals surface area contributed by atoms with Gasteiger partial charge in [0.15, 0.2) is 0 Å². The van der Waals surface area contributed by atoms with Crippen molar-refractivity contribution < 1.29 is 9.53 Å². The number of piperazine rings is 1. The summed E-state index contributed by atoms with van der Waals surface area (Å²) in [5.74, 6) is 0.978. The van der Waals surface area contributed by atoms with Crippen LogP contribution in [0.5, 0.6) is 5.75 Å². The van der Waals surface area contributed by atoms with Gasteiger partial charge in [-0.2, -0.15) is 0 Å². The van der Waals surface area contributed by atoms with Crippen LogP contribution in [0.2, 0.25) is 0 Å². The third-order valence-electron chi connectivity index (χ3n) is 3.80. The predicted octanol–water partition coefficient (Wildman–Crippen LogP) is 3.48. The third-order valence-corrected chi connectivity index (χ3v) is 5.30. The fourth-order valence-corrected chi connectivity index (χ4v) is 3.71. The topological polar surface area (TPSA) is 32.8 Å². The van der Waals surface area contributed by atoms with E-state index in [0.29, 0.717) is 0 Å². The van der Waals surface area contributed by atoms with Crippen LogP contribution < -0.4 is 9.64 Å². The molecule has 1 aliphatic heterocycles. The summed E-state index contributed by atoms with van der Waals surface area (Å²) < 4.78 is 6.26. The Kier molecular flexibility index (Phi) is 4.69. The van der Waals surface area contributed by atoms with Crippen molar-refractivity contribution in [1.29, 1.82) is 0 Å². The SMILES string of the molecule is COc1cccc(N2CCN(C(=O)c3csc(Br)c3)CC2)c1. The molecule has 2 aromatic rings. The molecule has 2 heterocycles. The van der Waals surface area contributed by atoms with Crippen molar-refractivity contribution in [3.63, 3.8) is 0 Å². The number of anilines is 1.